The van der Waals surface area contributed by atoms with E-state index in [4.69, 9.17) is 22.2 Å². The zero-order valence-electron chi connectivity index (χ0n) is 12.6. The molecule has 2 heterocycles. The van der Waals surface area contributed by atoms with Gasteiger partial charge in [0.25, 0.3) is 0 Å². The average Bonchev–Trinajstić information content (AvgIpc) is 2.57. The van der Waals surface area contributed by atoms with Crippen molar-refractivity contribution in [3.05, 3.63) is 41.9 Å². The molecule has 118 valence electrons. The van der Waals surface area contributed by atoms with E-state index >= 15 is 0 Å². The minimum Gasteiger partial charge on any atom is -0.492 e. The monoisotopic (exact) mass is 328 g/mol. The van der Waals surface area contributed by atoms with E-state index in [9.17, 15) is 0 Å². The standard InChI is InChI=1S/C15H16N6OS/c1-2-22-13-4-3-7-17-12(13)6-8-18-15(23)20-14-11(10-16)5-9-19-21-14/h3-5,7,9H,2,6,8H2,1H3,(H2,18,20,21,23). The van der Waals surface area contributed by atoms with E-state index in [1.807, 2.05) is 25.1 Å². The van der Waals surface area contributed by atoms with Crippen LogP contribution in [0.5, 0.6) is 5.75 Å². The lowest BCUT2D eigenvalue weighted by Crippen LogP contribution is -2.31. The number of ether oxygens (including phenoxy) is 1. The lowest BCUT2D eigenvalue weighted by Gasteiger charge is -2.11. The second-order valence-corrected chi connectivity index (χ2v) is 4.83. The SMILES string of the molecule is CCOc1cccnc1CCNC(=S)Nc1nnccc1C#N. The molecule has 0 fully saturated rings. The Bertz CT molecular complexity index is 715. The molecule has 0 aromatic carbocycles. The van der Waals surface area contributed by atoms with Gasteiger partial charge >= 0.3 is 0 Å². The Morgan fingerprint density at radius 2 is 2.26 bits per heavy atom. The van der Waals surface area contributed by atoms with Crippen molar-refractivity contribution in [3.8, 4) is 11.8 Å². The molecular formula is C15H16N6OS. The summed E-state index contributed by atoms with van der Waals surface area (Å²) < 4.78 is 5.53. The summed E-state index contributed by atoms with van der Waals surface area (Å²) in [7, 11) is 0. The van der Waals surface area contributed by atoms with Gasteiger partial charge < -0.3 is 15.4 Å². The maximum Gasteiger partial charge on any atom is 0.172 e. The molecule has 8 heteroatoms. The quantitative estimate of drug-likeness (QED) is 0.773. The molecule has 0 bridgehead atoms. The predicted octanol–water partition coefficient (Wildman–Crippen LogP) is 1.67. The number of pyridine rings is 1. The van der Waals surface area contributed by atoms with Gasteiger partial charge in [0.2, 0.25) is 0 Å². The normalized spacial score (nSPS) is 9.74. The van der Waals surface area contributed by atoms with Gasteiger partial charge in [-0.15, -0.1) is 5.10 Å². The highest BCUT2D eigenvalue weighted by Gasteiger charge is 2.07. The van der Waals surface area contributed by atoms with Gasteiger partial charge in [-0.05, 0) is 37.3 Å². The van der Waals surface area contributed by atoms with Crippen LogP contribution in [0.2, 0.25) is 0 Å². The highest BCUT2D eigenvalue weighted by atomic mass is 32.1. The van der Waals surface area contributed by atoms with Crippen molar-refractivity contribution in [3.63, 3.8) is 0 Å². The molecule has 7 nitrogen and oxygen atoms in total. The predicted molar refractivity (Wildman–Crippen MR) is 90.1 cm³/mol. The summed E-state index contributed by atoms with van der Waals surface area (Å²) in [6, 6.07) is 7.32. The van der Waals surface area contributed by atoms with Crippen LogP contribution in [-0.4, -0.2) is 33.4 Å². The van der Waals surface area contributed by atoms with Gasteiger partial charge in [-0.3, -0.25) is 4.98 Å². The molecule has 0 saturated heterocycles. The molecule has 0 radical (unpaired) electrons. The molecule has 2 rings (SSSR count). The molecule has 0 amide bonds. The highest BCUT2D eigenvalue weighted by molar-refractivity contribution is 7.80. The maximum atomic E-state index is 8.99. The van der Waals surface area contributed by atoms with Crippen LogP contribution < -0.4 is 15.4 Å². The smallest absolute Gasteiger partial charge is 0.172 e. The van der Waals surface area contributed by atoms with Gasteiger partial charge in [0.15, 0.2) is 10.9 Å². The molecule has 0 spiro atoms. The van der Waals surface area contributed by atoms with Crippen LogP contribution >= 0.6 is 12.2 Å². The minimum atomic E-state index is 0.334. The van der Waals surface area contributed by atoms with Crippen LogP contribution in [0.25, 0.3) is 0 Å². The van der Waals surface area contributed by atoms with Crippen molar-refractivity contribution in [2.75, 3.05) is 18.5 Å². The summed E-state index contributed by atoms with van der Waals surface area (Å²) in [5.74, 6) is 1.11. The topological polar surface area (TPSA) is 95.8 Å². The number of nitriles is 1. The van der Waals surface area contributed by atoms with Gasteiger partial charge in [0.1, 0.15) is 11.8 Å². The molecule has 0 atom stereocenters. The molecular weight excluding hydrogens is 312 g/mol. The first-order chi connectivity index (χ1) is 11.2. The van der Waals surface area contributed by atoms with Gasteiger partial charge in [-0.1, -0.05) is 0 Å². The van der Waals surface area contributed by atoms with E-state index in [2.05, 4.69) is 25.8 Å². The Kier molecular flexibility index (Phi) is 6.20. The molecule has 0 unspecified atom stereocenters. The number of nitrogens with zero attached hydrogens (tertiary/aromatic N) is 4. The third-order valence-electron chi connectivity index (χ3n) is 2.87. The van der Waals surface area contributed by atoms with E-state index in [1.165, 1.54) is 6.20 Å². The lowest BCUT2D eigenvalue weighted by molar-refractivity contribution is 0.334. The van der Waals surface area contributed by atoms with Crippen LogP contribution in [0.15, 0.2) is 30.6 Å². The molecule has 0 aliphatic carbocycles. The minimum absolute atomic E-state index is 0.334. The first-order valence-corrected chi connectivity index (χ1v) is 7.48. The zero-order valence-corrected chi connectivity index (χ0v) is 13.4. The average molecular weight is 328 g/mol. The number of thiocarbonyl (C=S) groups is 1. The number of anilines is 1. The van der Waals surface area contributed by atoms with Crippen molar-refractivity contribution < 1.29 is 4.74 Å². The first kappa shape index (κ1) is 16.6. The Morgan fingerprint density at radius 3 is 3.04 bits per heavy atom. The summed E-state index contributed by atoms with van der Waals surface area (Å²) in [5.41, 5.74) is 1.24. The summed E-state index contributed by atoms with van der Waals surface area (Å²) in [6.45, 7) is 3.10. The first-order valence-electron chi connectivity index (χ1n) is 7.08. The number of aromatic nitrogens is 3. The third-order valence-corrected chi connectivity index (χ3v) is 3.12. The largest absolute Gasteiger partial charge is 0.492 e. The van der Waals surface area contributed by atoms with Crippen LogP contribution in [0.1, 0.15) is 18.2 Å². The van der Waals surface area contributed by atoms with Crippen molar-refractivity contribution in [2.45, 2.75) is 13.3 Å². The van der Waals surface area contributed by atoms with Gasteiger partial charge in [0, 0.05) is 19.2 Å². The van der Waals surface area contributed by atoms with Gasteiger partial charge in [0.05, 0.1) is 24.1 Å². The van der Waals surface area contributed by atoms with Crippen LogP contribution in [0.4, 0.5) is 5.82 Å². The van der Waals surface area contributed by atoms with Gasteiger partial charge in [-0.25, -0.2) is 0 Å². The molecule has 0 saturated carbocycles. The Labute approximate surface area is 139 Å². The van der Waals surface area contributed by atoms with Crippen molar-refractivity contribution in [1.82, 2.24) is 20.5 Å². The van der Waals surface area contributed by atoms with Crippen LogP contribution in [0, 0.1) is 11.3 Å². The van der Waals surface area contributed by atoms with E-state index in [1.54, 1.807) is 12.3 Å². The molecule has 2 aromatic rings. The molecule has 23 heavy (non-hydrogen) atoms. The van der Waals surface area contributed by atoms with Crippen molar-refractivity contribution >= 4 is 23.1 Å². The fourth-order valence-corrected chi connectivity index (χ4v) is 2.06. The Hall–Kier alpha value is -2.79. The number of hydrogen-bond donors (Lipinski definition) is 2. The summed E-state index contributed by atoms with van der Waals surface area (Å²) >= 11 is 5.19. The fraction of sp³-hybridized carbons (Fsp3) is 0.267. The molecule has 0 aliphatic heterocycles. The number of rotatable bonds is 6. The van der Waals surface area contributed by atoms with Crippen molar-refractivity contribution in [1.29, 1.82) is 5.26 Å². The van der Waals surface area contributed by atoms with E-state index in [0.717, 1.165) is 11.4 Å². The summed E-state index contributed by atoms with van der Waals surface area (Å²) in [5, 5.41) is 22.9. The Balaban J connectivity index is 1.87. The maximum absolute atomic E-state index is 8.99. The van der Waals surface area contributed by atoms with Crippen LogP contribution in [-0.2, 0) is 6.42 Å². The number of hydrogen-bond acceptors (Lipinski definition) is 6. The molecule has 0 aliphatic rings. The van der Waals surface area contributed by atoms with E-state index in [-0.39, 0.29) is 0 Å². The van der Waals surface area contributed by atoms with Crippen LogP contribution in [0.3, 0.4) is 0 Å². The third kappa shape index (κ3) is 4.86. The summed E-state index contributed by atoms with van der Waals surface area (Å²) in [6.07, 6.45) is 3.84. The van der Waals surface area contributed by atoms with E-state index < -0.39 is 0 Å². The fourth-order valence-electron chi connectivity index (χ4n) is 1.86. The second-order valence-electron chi connectivity index (χ2n) is 4.42. The van der Waals surface area contributed by atoms with Crippen molar-refractivity contribution in [2.24, 2.45) is 0 Å². The Morgan fingerprint density at radius 1 is 1.39 bits per heavy atom. The molecule has 2 aromatic heterocycles. The molecule has 2 N–H and O–H groups in total. The lowest BCUT2D eigenvalue weighted by atomic mass is 10.2. The summed E-state index contributed by atoms with van der Waals surface area (Å²) in [4.78, 5) is 4.31. The van der Waals surface area contributed by atoms with E-state index in [0.29, 0.717) is 36.1 Å². The number of nitrogens with one attached hydrogen (secondary N) is 2. The highest BCUT2D eigenvalue weighted by Crippen LogP contribution is 2.15. The van der Waals surface area contributed by atoms with Gasteiger partial charge in [-0.2, -0.15) is 10.4 Å². The second kappa shape index (κ2) is 8.60. The zero-order chi connectivity index (χ0) is 16.5.